The third-order valence-electron chi connectivity index (χ3n) is 3.75. The number of anilines is 1. The van der Waals surface area contributed by atoms with Crippen LogP contribution in [0.15, 0.2) is 47.9 Å². The average molecular weight is 388 g/mol. The molecule has 2 heterocycles. The van der Waals surface area contributed by atoms with Crippen molar-refractivity contribution < 1.29 is 4.79 Å². The Morgan fingerprint density at radius 3 is 2.69 bits per heavy atom. The molecule has 0 fully saturated rings. The summed E-state index contributed by atoms with van der Waals surface area (Å²) in [5.41, 5.74) is 2.60. The van der Waals surface area contributed by atoms with Crippen LogP contribution < -0.4 is 5.32 Å². The van der Waals surface area contributed by atoms with E-state index in [9.17, 15) is 4.79 Å². The number of rotatable bonds is 6. The molecule has 0 radical (unpaired) electrons. The normalized spacial score (nSPS) is 10.7. The zero-order chi connectivity index (χ0) is 18.5. The maximum atomic E-state index is 12.2. The van der Waals surface area contributed by atoms with Crippen molar-refractivity contribution in [2.45, 2.75) is 25.5 Å². The zero-order valence-corrected chi connectivity index (χ0v) is 16.0. The van der Waals surface area contributed by atoms with Crippen molar-refractivity contribution in [1.82, 2.24) is 19.7 Å². The third-order valence-corrected chi connectivity index (χ3v) is 5.14. The topological polar surface area (TPSA) is 72.7 Å². The van der Waals surface area contributed by atoms with Crippen LogP contribution in [-0.2, 0) is 11.3 Å². The highest BCUT2D eigenvalue weighted by Gasteiger charge is 2.14. The zero-order valence-electron chi connectivity index (χ0n) is 14.4. The molecular weight excluding hydrogens is 370 g/mol. The van der Waals surface area contributed by atoms with Crippen molar-refractivity contribution in [3.05, 3.63) is 53.3 Å². The smallest absolute Gasteiger partial charge is 0.234 e. The maximum Gasteiger partial charge on any atom is 0.234 e. The Morgan fingerprint density at radius 2 is 2.00 bits per heavy atom. The molecule has 0 saturated heterocycles. The fourth-order valence-corrected chi connectivity index (χ4v) is 3.36. The van der Waals surface area contributed by atoms with Crippen molar-refractivity contribution in [3.63, 3.8) is 0 Å². The van der Waals surface area contributed by atoms with E-state index in [1.807, 2.05) is 36.6 Å². The van der Waals surface area contributed by atoms with Gasteiger partial charge in [0.2, 0.25) is 5.91 Å². The minimum Gasteiger partial charge on any atom is -0.325 e. The summed E-state index contributed by atoms with van der Waals surface area (Å²) in [5, 5.41) is 12.7. The van der Waals surface area contributed by atoms with Gasteiger partial charge >= 0.3 is 0 Å². The molecule has 8 heteroatoms. The predicted octanol–water partition coefficient (Wildman–Crippen LogP) is 4.05. The Morgan fingerprint density at radius 1 is 1.23 bits per heavy atom. The molecule has 0 unspecified atom stereocenters. The van der Waals surface area contributed by atoms with Crippen LogP contribution in [0.3, 0.4) is 0 Å². The second-order valence-electron chi connectivity index (χ2n) is 5.59. The highest BCUT2D eigenvalue weighted by atomic mass is 35.5. The average Bonchev–Trinajstić information content (AvgIpc) is 3.07. The van der Waals surface area contributed by atoms with Gasteiger partial charge in [0, 0.05) is 35.2 Å². The van der Waals surface area contributed by atoms with E-state index < -0.39 is 0 Å². The van der Waals surface area contributed by atoms with Crippen molar-refractivity contribution in [1.29, 1.82) is 0 Å². The van der Waals surface area contributed by atoms with Crippen molar-refractivity contribution in [2.24, 2.45) is 0 Å². The number of aromatic nitrogens is 4. The molecule has 0 spiro atoms. The van der Waals surface area contributed by atoms with Gasteiger partial charge in [0.1, 0.15) is 0 Å². The molecule has 0 saturated carbocycles. The van der Waals surface area contributed by atoms with Crippen LogP contribution in [0, 0.1) is 6.92 Å². The summed E-state index contributed by atoms with van der Waals surface area (Å²) in [6.45, 7) is 4.64. The predicted molar refractivity (Wildman–Crippen MR) is 104 cm³/mol. The first-order valence-electron chi connectivity index (χ1n) is 8.11. The lowest BCUT2D eigenvalue weighted by molar-refractivity contribution is -0.113. The summed E-state index contributed by atoms with van der Waals surface area (Å²) >= 11 is 7.36. The van der Waals surface area contributed by atoms with Gasteiger partial charge in [-0.25, -0.2) is 0 Å². The van der Waals surface area contributed by atoms with Crippen LogP contribution >= 0.6 is 23.4 Å². The first-order valence-corrected chi connectivity index (χ1v) is 9.47. The number of pyridine rings is 1. The Bertz CT molecular complexity index is 913. The van der Waals surface area contributed by atoms with Crippen LogP contribution in [0.2, 0.25) is 5.02 Å². The number of hydrogen-bond donors (Lipinski definition) is 1. The minimum absolute atomic E-state index is 0.104. The Labute approximate surface area is 161 Å². The summed E-state index contributed by atoms with van der Waals surface area (Å²) < 4.78 is 1.99. The molecule has 0 aliphatic carbocycles. The Balaban J connectivity index is 1.67. The second kappa shape index (κ2) is 8.33. The number of carbonyl (C=O) groups is 1. The lowest BCUT2D eigenvalue weighted by Crippen LogP contribution is -2.14. The number of hydrogen-bond acceptors (Lipinski definition) is 5. The molecule has 1 amide bonds. The standard InChI is InChI=1S/C18H18ClN5OS/c1-3-24-17(13-6-8-20-9-7-13)22-23-18(24)26-11-16(25)21-14-4-5-15(19)12(2)10-14/h4-10H,3,11H2,1-2H3,(H,21,25). The van der Waals surface area contributed by atoms with Gasteiger partial charge in [0.15, 0.2) is 11.0 Å². The summed E-state index contributed by atoms with van der Waals surface area (Å²) in [7, 11) is 0. The molecule has 3 rings (SSSR count). The molecule has 0 bridgehead atoms. The maximum absolute atomic E-state index is 12.2. The molecule has 6 nitrogen and oxygen atoms in total. The van der Waals surface area contributed by atoms with E-state index in [0.717, 1.165) is 22.6 Å². The van der Waals surface area contributed by atoms with E-state index in [1.165, 1.54) is 11.8 Å². The first kappa shape index (κ1) is 18.4. The molecule has 2 aromatic heterocycles. The molecule has 1 aromatic carbocycles. The van der Waals surface area contributed by atoms with Crippen LogP contribution in [0.25, 0.3) is 11.4 Å². The monoisotopic (exact) mass is 387 g/mol. The van der Waals surface area contributed by atoms with Gasteiger partial charge in [0.05, 0.1) is 5.75 Å². The van der Waals surface area contributed by atoms with E-state index >= 15 is 0 Å². The number of aryl methyl sites for hydroxylation is 1. The molecule has 0 aliphatic rings. The number of carbonyl (C=O) groups excluding carboxylic acids is 1. The summed E-state index contributed by atoms with van der Waals surface area (Å²) in [5.74, 6) is 0.912. The lowest BCUT2D eigenvalue weighted by Gasteiger charge is -2.08. The number of nitrogens with zero attached hydrogens (tertiary/aromatic N) is 4. The first-order chi connectivity index (χ1) is 12.6. The SMILES string of the molecule is CCn1c(SCC(=O)Nc2ccc(Cl)c(C)c2)nnc1-c1ccncc1. The fraction of sp³-hybridized carbons (Fsp3) is 0.222. The molecule has 0 aliphatic heterocycles. The van der Waals surface area contributed by atoms with Gasteiger partial charge in [-0.1, -0.05) is 23.4 Å². The Kier molecular flexibility index (Phi) is 5.90. The van der Waals surface area contributed by atoms with E-state index in [0.29, 0.717) is 16.7 Å². The van der Waals surface area contributed by atoms with Gasteiger partial charge in [-0.05, 0) is 49.7 Å². The van der Waals surface area contributed by atoms with E-state index in [-0.39, 0.29) is 11.7 Å². The third kappa shape index (κ3) is 4.23. The molecular formula is C18H18ClN5OS. The lowest BCUT2D eigenvalue weighted by atomic mass is 10.2. The fourth-order valence-electron chi connectivity index (χ4n) is 2.44. The van der Waals surface area contributed by atoms with E-state index in [1.54, 1.807) is 24.5 Å². The van der Waals surface area contributed by atoms with Crippen LogP contribution in [0.5, 0.6) is 0 Å². The van der Waals surface area contributed by atoms with Gasteiger partial charge in [-0.2, -0.15) is 0 Å². The highest BCUT2D eigenvalue weighted by Crippen LogP contribution is 2.24. The van der Waals surface area contributed by atoms with Crippen molar-refractivity contribution in [3.8, 4) is 11.4 Å². The van der Waals surface area contributed by atoms with E-state index in [2.05, 4.69) is 20.5 Å². The quantitative estimate of drug-likeness (QED) is 0.646. The number of nitrogens with one attached hydrogen (secondary N) is 1. The summed E-state index contributed by atoms with van der Waals surface area (Å²) in [6.07, 6.45) is 3.44. The minimum atomic E-state index is -0.104. The molecule has 3 aromatic rings. The van der Waals surface area contributed by atoms with Gasteiger partial charge in [-0.3, -0.25) is 9.78 Å². The highest BCUT2D eigenvalue weighted by molar-refractivity contribution is 7.99. The number of halogens is 1. The molecule has 0 atom stereocenters. The number of benzene rings is 1. The molecule has 26 heavy (non-hydrogen) atoms. The van der Waals surface area contributed by atoms with Crippen LogP contribution in [0.4, 0.5) is 5.69 Å². The molecule has 134 valence electrons. The largest absolute Gasteiger partial charge is 0.325 e. The molecule has 1 N–H and O–H groups in total. The summed E-state index contributed by atoms with van der Waals surface area (Å²) in [4.78, 5) is 16.2. The van der Waals surface area contributed by atoms with Crippen LogP contribution in [-0.4, -0.2) is 31.4 Å². The van der Waals surface area contributed by atoms with Crippen molar-refractivity contribution >= 4 is 35.0 Å². The Hall–Kier alpha value is -2.38. The summed E-state index contributed by atoms with van der Waals surface area (Å²) in [6, 6.07) is 9.18. The second-order valence-corrected chi connectivity index (χ2v) is 6.94. The number of thioether (sulfide) groups is 1. The van der Waals surface area contributed by atoms with Crippen LogP contribution in [0.1, 0.15) is 12.5 Å². The van der Waals surface area contributed by atoms with Gasteiger partial charge < -0.3 is 9.88 Å². The van der Waals surface area contributed by atoms with Crippen molar-refractivity contribution in [2.75, 3.05) is 11.1 Å². The number of amides is 1. The van der Waals surface area contributed by atoms with Gasteiger partial charge in [-0.15, -0.1) is 10.2 Å². The van der Waals surface area contributed by atoms with E-state index in [4.69, 9.17) is 11.6 Å². The van der Waals surface area contributed by atoms with Gasteiger partial charge in [0.25, 0.3) is 0 Å².